The van der Waals surface area contributed by atoms with Gasteiger partial charge in [-0.2, -0.15) is 0 Å². The van der Waals surface area contributed by atoms with Crippen molar-refractivity contribution in [2.45, 2.75) is 0 Å². The van der Waals surface area contributed by atoms with Crippen LogP contribution in [0.4, 0.5) is 0 Å². The van der Waals surface area contributed by atoms with Crippen LogP contribution in [0.15, 0.2) is 11.0 Å². The van der Waals surface area contributed by atoms with Gasteiger partial charge in [0, 0.05) is 13.2 Å². The summed E-state index contributed by atoms with van der Waals surface area (Å²) in [4.78, 5) is 21.3. The van der Waals surface area contributed by atoms with Crippen LogP contribution < -0.4 is 11.3 Å². The number of hydrogen-bond acceptors (Lipinski definition) is 2. The van der Waals surface area contributed by atoms with E-state index in [0.717, 1.165) is 0 Å². The lowest BCUT2D eigenvalue weighted by atomic mass is 10.3. The van der Waals surface area contributed by atoms with Crippen molar-refractivity contribution < 1.29 is 4.79 Å². The summed E-state index contributed by atoms with van der Waals surface area (Å²) in [5.41, 5.74) is 4.45. The first kappa shape index (κ1) is 6.60. The van der Waals surface area contributed by atoms with Gasteiger partial charge < -0.3 is 10.8 Å². The van der Waals surface area contributed by atoms with Gasteiger partial charge in [-0.15, -0.1) is 0 Å². The number of H-pyrrole nitrogens is 1. The van der Waals surface area contributed by atoms with E-state index in [-0.39, 0.29) is 5.56 Å². The first-order valence-corrected chi connectivity index (χ1v) is 2.67. The quantitative estimate of drug-likeness (QED) is 0.515. The first-order chi connectivity index (χ1) is 4.63. The third-order valence-corrected chi connectivity index (χ3v) is 1.20. The molecule has 0 atom stereocenters. The summed E-state index contributed by atoms with van der Waals surface area (Å²) in [7, 11) is 1.51. The SMILES string of the molecule is Cn1[nH]cc(C(N)=O)c1=O. The zero-order valence-electron chi connectivity index (χ0n) is 5.42. The predicted molar refractivity (Wildman–Crippen MR) is 34.6 cm³/mol. The van der Waals surface area contributed by atoms with Crippen molar-refractivity contribution >= 4 is 5.91 Å². The molecule has 5 nitrogen and oxygen atoms in total. The molecular formula is C5H7N3O2. The van der Waals surface area contributed by atoms with E-state index >= 15 is 0 Å². The maximum Gasteiger partial charge on any atom is 0.279 e. The smallest absolute Gasteiger partial charge is 0.279 e. The highest BCUT2D eigenvalue weighted by Gasteiger charge is 2.07. The Bertz CT molecular complexity index is 309. The number of amides is 1. The summed E-state index contributed by atoms with van der Waals surface area (Å²) >= 11 is 0. The third kappa shape index (κ3) is 0.812. The fourth-order valence-electron chi connectivity index (χ4n) is 0.639. The number of primary amides is 1. The van der Waals surface area contributed by atoms with Crippen molar-refractivity contribution in [3.63, 3.8) is 0 Å². The first-order valence-electron chi connectivity index (χ1n) is 2.67. The molecule has 0 unspecified atom stereocenters. The molecule has 1 amide bonds. The molecule has 0 fully saturated rings. The Morgan fingerprint density at radius 1 is 1.80 bits per heavy atom. The normalized spacial score (nSPS) is 9.70. The van der Waals surface area contributed by atoms with Gasteiger partial charge in [0.2, 0.25) is 0 Å². The van der Waals surface area contributed by atoms with Crippen LogP contribution in [-0.4, -0.2) is 15.7 Å². The summed E-state index contributed by atoms with van der Waals surface area (Å²) in [6.07, 6.45) is 1.28. The number of nitrogens with zero attached hydrogens (tertiary/aromatic N) is 1. The molecule has 10 heavy (non-hydrogen) atoms. The molecule has 0 bridgehead atoms. The van der Waals surface area contributed by atoms with Gasteiger partial charge in [0.1, 0.15) is 5.56 Å². The van der Waals surface area contributed by atoms with Crippen LogP contribution in [0.3, 0.4) is 0 Å². The van der Waals surface area contributed by atoms with Gasteiger partial charge >= 0.3 is 0 Å². The second-order valence-electron chi connectivity index (χ2n) is 1.92. The number of aromatic nitrogens is 2. The van der Waals surface area contributed by atoms with E-state index in [1.54, 1.807) is 0 Å². The van der Waals surface area contributed by atoms with Gasteiger partial charge in [-0.05, 0) is 0 Å². The zero-order valence-corrected chi connectivity index (χ0v) is 5.42. The summed E-state index contributed by atoms with van der Waals surface area (Å²) in [6.45, 7) is 0. The highest BCUT2D eigenvalue weighted by Crippen LogP contribution is 1.83. The molecule has 0 saturated heterocycles. The molecule has 0 spiro atoms. The molecule has 1 aromatic heterocycles. The van der Waals surface area contributed by atoms with E-state index in [0.29, 0.717) is 0 Å². The van der Waals surface area contributed by atoms with Crippen LogP contribution in [0, 0.1) is 0 Å². The van der Waals surface area contributed by atoms with Crippen LogP contribution in [0.25, 0.3) is 0 Å². The number of carbonyl (C=O) groups excluding carboxylic acids is 1. The van der Waals surface area contributed by atoms with Crippen molar-refractivity contribution in [3.05, 3.63) is 22.1 Å². The molecule has 0 radical (unpaired) electrons. The molecular weight excluding hydrogens is 134 g/mol. The van der Waals surface area contributed by atoms with Crippen molar-refractivity contribution in [1.29, 1.82) is 0 Å². The molecule has 5 heteroatoms. The highest BCUT2D eigenvalue weighted by atomic mass is 16.2. The van der Waals surface area contributed by atoms with Gasteiger partial charge in [0.25, 0.3) is 11.5 Å². The number of aryl methyl sites for hydroxylation is 1. The molecule has 1 heterocycles. The Morgan fingerprint density at radius 2 is 2.40 bits per heavy atom. The second kappa shape index (κ2) is 2.02. The lowest BCUT2D eigenvalue weighted by Crippen LogP contribution is -2.23. The van der Waals surface area contributed by atoms with E-state index < -0.39 is 11.5 Å². The van der Waals surface area contributed by atoms with Gasteiger partial charge in [-0.25, -0.2) is 0 Å². The number of rotatable bonds is 1. The van der Waals surface area contributed by atoms with Crippen LogP contribution >= 0.6 is 0 Å². The van der Waals surface area contributed by atoms with Crippen molar-refractivity contribution in [3.8, 4) is 0 Å². The lowest BCUT2D eigenvalue weighted by Gasteiger charge is -1.82. The molecule has 54 valence electrons. The van der Waals surface area contributed by atoms with E-state index in [2.05, 4.69) is 5.10 Å². The zero-order chi connectivity index (χ0) is 7.72. The number of nitrogens with one attached hydrogen (secondary N) is 1. The van der Waals surface area contributed by atoms with E-state index in [1.807, 2.05) is 0 Å². The Labute approximate surface area is 56.4 Å². The van der Waals surface area contributed by atoms with E-state index in [1.165, 1.54) is 17.9 Å². The molecule has 1 rings (SSSR count). The van der Waals surface area contributed by atoms with Crippen LogP contribution in [0.2, 0.25) is 0 Å². The van der Waals surface area contributed by atoms with Crippen LogP contribution in [-0.2, 0) is 7.05 Å². The van der Waals surface area contributed by atoms with Crippen LogP contribution in [0.1, 0.15) is 10.4 Å². The number of hydrogen-bond donors (Lipinski definition) is 2. The summed E-state index contributed by atoms with van der Waals surface area (Å²) in [6, 6.07) is 0. The Hall–Kier alpha value is -1.52. The van der Waals surface area contributed by atoms with Gasteiger partial charge in [-0.3, -0.25) is 14.3 Å². The summed E-state index contributed by atoms with van der Waals surface area (Å²) in [5.74, 6) is -0.707. The monoisotopic (exact) mass is 141 g/mol. The Kier molecular flexibility index (Phi) is 1.33. The lowest BCUT2D eigenvalue weighted by molar-refractivity contribution is 0.0999. The van der Waals surface area contributed by atoms with Gasteiger partial charge in [0.05, 0.1) is 0 Å². The number of aromatic amines is 1. The van der Waals surface area contributed by atoms with Gasteiger partial charge in [-0.1, -0.05) is 0 Å². The van der Waals surface area contributed by atoms with E-state index in [4.69, 9.17) is 5.73 Å². The highest BCUT2D eigenvalue weighted by molar-refractivity contribution is 5.92. The Balaban J connectivity index is 3.32. The summed E-state index contributed by atoms with van der Waals surface area (Å²) in [5, 5.41) is 2.52. The largest absolute Gasteiger partial charge is 0.365 e. The fraction of sp³-hybridized carbons (Fsp3) is 0.200. The number of carbonyl (C=O) groups is 1. The summed E-state index contributed by atoms with van der Waals surface area (Å²) < 4.78 is 1.18. The maximum absolute atomic E-state index is 10.8. The number of nitrogens with two attached hydrogens (primary N) is 1. The maximum atomic E-state index is 10.8. The minimum absolute atomic E-state index is 0.0116. The predicted octanol–water partition coefficient (Wildman–Crippen LogP) is -1.19. The average Bonchev–Trinajstić information content (AvgIpc) is 2.14. The molecule has 0 aliphatic rings. The topological polar surface area (TPSA) is 80.9 Å². The van der Waals surface area contributed by atoms with Crippen molar-refractivity contribution in [1.82, 2.24) is 9.78 Å². The third-order valence-electron chi connectivity index (χ3n) is 1.20. The van der Waals surface area contributed by atoms with Crippen molar-refractivity contribution in [2.24, 2.45) is 12.8 Å². The fourth-order valence-corrected chi connectivity index (χ4v) is 0.639. The minimum Gasteiger partial charge on any atom is -0.365 e. The minimum atomic E-state index is -0.707. The average molecular weight is 141 g/mol. The van der Waals surface area contributed by atoms with Crippen molar-refractivity contribution in [2.75, 3.05) is 0 Å². The molecule has 0 aromatic carbocycles. The van der Waals surface area contributed by atoms with E-state index in [9.17, 15) is 9.59 Å². The van der Waals surface area contributed by atoms with Crippen LogP contribution in [0.5, 0.6) is 0 Å². The molecule has 1 aromatic rings. The molecule has 3 N–H and O–H groups in total. The standard InChI is InChI=1S/C5H7N3O2/c1-8-5(10)3(2-7-8)4(6)9/h2,7H,1H3,(H2,6,9). The Morgan fingerprint density at radius 3 is 2.60 bits per heavy atom. The second-order valence-corrected chi connectivity index (χ2v) is 1.92. The van der Waals surface area contributed by atoms with Gasteiger partial charge in [0.15, 0.2) is 0 Å². The molecule has 0 aliphatic carbocycles. The molecule has 0 saturated carbocycles. The molecule has 0 aliphatic heterocycles.